The number of nitrogens with zero attached hydrogens (tertiary/aromatic N) is 3. The third-order valence-electron chi connectivity index (χ3n) is 8.09. The molecule has 0 radical (unpaired) electrons. The van der Waals surface area contributed by atoms with Crippen LogP contribution in [0.15, 0.2) is 140 Å². The predicted molar refractivity (Wildman–Crippen MR) is 173 cm³/mol. The fraction of sp³-hybridized carbons (Fsp3) is 0. The zero-order valence-electron chi connectivity index (χ0n) is 22.6. The normalized spacial score (nSPS) is 11.3. The molecule has 0 bridgehead atoms. The summed E-state index contributed by atoms with van der Waals surface area (Å²) in [6, 6.07) is 48.7. The number of rotatable bonds is 3. The minimum atomic E-state index is 0.664. The molecule has 0 saturated carbocycles. The van der Waals surface area contributed by atoms with E-state index in [1.54, 1.807) is 0 Å². The van der Waals surface area contributed by atoms with E-state index < -0.39 is 0 Å². The van der Waals surface area contributed by atoms with Crippen LogP contribution in [-0.2, 0) is 0 Å². The first-order valence-electron chi connectivity index (χ1n) is 14.0. The average molecular weight is 534 g/mol. The van der Waals surface area contributed by atoms with E-state index in [0.29, 0.717) is 5.56 Å². The summed E-state index contributed by atoms with van der Waals surface area (Å²) < 4.78 is 0. The molecule has 0 amide bonds. The lowest BCUT2D eigenvalue weighted by Gasteiger charge is -2.14. The molecule has 2 aromatic heterocycles. The Hall–Kier alpha value is -5.85. The van der Waals surface area contributed by atoms with E-state index in [0.717, 1.165) is 60.7 Å². The zero-order chi connectivity index (χ0) is 28.0. The summed E-state index contributed by atoms with van der Waals surface area (Å²) in [6.45, 7) is 0. The van der Waals surface area contributed by atoms with Crippen molar-refractivity contribution in [3.8, 4) is 39.6 Å². The van der Waals surface area contributed by atoms with Gasteiger partial charge in [0.05, 0.1) is 28.4 Å². The molecule has 8 aromatic rings. The van der Waals surface area contributed by atoms with Gasteiger partial charge < -0.3 is 0 Å². The highest BCUT2D eigenvalue weighted by atomic mass is 14.8. The van der Waals surface area contributed by atoms with E-state index >= 15 is 0 Å². The lowest BCUT2D eigenvalue weighted by molar-refractivity contribution is 1.37. The van der Waals surface area contributed by atoms with Gasteiger partial charge in [-0.2, -0.15) is 5.26 Å². The summed E-state index contributed by atoms with van der Waals surface area (Å²) in [5, 5.41) is 16.1. The summed E-state index contributed by atoms with van der Waals surface area (Å²) in [5.41, 5.74) is 9.00. The van der Waals surface area contributed by atoms with Crippen LogP contribution in [0.4, 0.5) is 0 Å². The smallest absolute Gasteiger partial charge is 0.0991 e. The first-order valence-corrected chi connectivity index (χ1v) is 14.0. The minimum Gasteiger partial charge on any atom is -0.254 e. The summed E-state index contributed by atoms with van der Waals surface area (Å²) in [7, 11) is 0. The topological polar surface area (TPSA) is 49.6 Å². The molecule has 2 heterocycles. The number of fused-ring (bicyclic) bond motifs is 5. The standard InChI is InChI=1S/C39H23N3/c40-24-25-7-9-26(10-8-25)32-15-11-27-12-16-33(21-34(27)20-32)35-22-30-4-1-2-5-31(30)23-36(35)37-18-17-29-14-13-28-6-3-19-41-38(28)39(29)42-37/h1-23H. The second-order valence-electron chi connectivity index (χ2n) is 10.6. The van der Waals surface area contributed by atoms with E-state index in [9.17, 15) is 5.26 Å². The largest absolute Gasteiger partial charge is 0.254 e. The Morgan fingerprint density at radius 2 is 1.07 bits per heavy atom. The van der Waals surface area contributed by atoms with Crippen LogP contribution in [0, 0.1) is 11.3 Å². The molecular weight excluding hydrogens is 510 g/mol. The molecule has 0 unspecified atom stereocenters. The Morgan fingerprint density at radius 1 is 0.452 bits per heavy atom. The molecule has 42 heavy (non-hydrogen) atoms. The Kier molecular flexibility index (Phi) is 5.52. The number of hydrogen-bond donors (Lipinski definition) is 0. The number of aromatic nitrogens is 2. The summed E-state index contributed by atoms with van der Waals surface area (Å²) in [4.78, 5) is 9.88. The molecule has 194 valence electrons. The molecule has 0 atom stereocenters. The Balaban J connectivity index is 1.33. The van der Waals surface area contributed by atoms with Gasteiger partial charge >= 0.3 is 0 Å². The van der Waals surface area contributed by atoms with Crippen LogP contribution < -0.4 is 0 Å². The SMILES string of the molecule is N#Cc1ccc(-c2ccc3ccc(-c4cc5ccccc5cc4-c4ccc5ccc6cccnc6c5n4)cc3c2)cc1. The molecule has 0 aliphatic heterocycles. The first-order chi connectivity index (χ1) is 20.7. The maximum atomic E-state index is 9.19. The van der Waals surface area contributed by atoms with Gasteiger partial charge in [-0.3, -0.25) is 4.98 Å². The molecule has 0 fully saturated rings. The highest BCUT2D eigenvalue weighted by Crippen LogP contribution is 2.38. The van der Waals surface area contributed by atoms with Crippen molar-refractivity contribution in [3.05, 3.63) is 145 Å². The van der Waals surface area contributed by atoms with E-state index in [4.69, 9.17) is 4.98 Å². The van der Waals surface area contributed by atoms with Crippen LogP contribution in [0.25, 0.3) is 76.9 Å². The molecular formula is C39H23N3. The molecule has 3 heteroatoms. The van der Waals surface area contributed by atoms with E-state index in [2.05, 4.69) is 114 Å². The van der Waals surface area contributed by atoms with Crippen molar-refractivity contribution in [2.45, 2.75) is 0 Å². The predicted octanol–water partition coefficient (Wildman–Crippen LogP) is 9.96. The van der Waals surface area contributed by atoms with Crippen molar-refractivity contribution >= 4 is 43.4 Å². The van der Waals surface area contributed by atoms with Gasteiger partial charge in [-0.15, -0.1) is 0 Å². The minimum absolute atomic E-state index is 0.664. The van der Waals surface area contributed by atoms with Gasteiger partial charge in [0.15, 0.2) is 0 Å². The molecule has 0 aliphatic carbocycles. The van der Waals surface area contributed by atoms with E-state index in [1.165, 1.54) is 16.2 Å². The maximum Gasteiger partial charge on any atom is 0.0991 e. The maximum absolute atomic E-state index is 9.19. The molecule has 6 aromatic carbocycles. The number of hydrogen-bond acceptors (Lipinski definition) is 3. The monoisotopic (exact) mass is 533 g/mol. The molecule has 0 N–H and O–H groups in total. The third-order valence-corrected chi connectivity index (χ3v) is 8.09. The summed E-state index contributed by atoms with van der Waals surface area (Å²) in [6.07, 6.45) is 1.83. The molecule has 0 aliphatic rings. The van der Waals surface area contributed by atoms with Crippen LogP contribution in [0.2, 0.25) is 0 Å². The number of benzene rings is 6. The quantitative estimate of drug-likeness (QED) is 0.212. The fourth-order valence-corrected chi connectivity index (χ4v) is 5.90. The molecule has 8 rings (SSSR count). The van der Waals surface area contributed by atoms with Crippen molar-refractivity contribution in [2.75, 3.05) is 0 Å². The lowest BCUT2D eigenvalue weighted by Crippen LogP contribution is -1.92. The van der Waals surface area contributed by atoms with Crippen molar-refractivity contribution in [1.29, 1.82) is 5.26 Å². The second kappa shape index (κ2) is 9.66. The number of nitriles is 1. The summed E-state index contributed by atoms with van der Waals surface area (Å²) >= 11 is 0. The fourth-order valence-electron chi connectivity index (χ4n) is 5.90. The van der Waals surface area contributed by atoms with E-state index in [-0.39, 0.29) is 0 Å². The van der Waals surface area contributed by atoms with Crippen molar-refractivity contribution < 1.29 is 0 Å². The van der Waals surface area contributed by atoms with Gasteiger partial charge in [0, 0.05) is 22.5 Å². The van der Waals surface area contributed by atoms with Crippen molar-refractivity contribution in [1.82, 2.24) is 9.97 Å². The van der Waals surface area contributed by atoms with Gasteiger partial charge in [-0.25, -0.2) is 4.98 Å². The third kappa shape index (κ3) is 4.06. The van der Waals surface area contributed by atoms with Crippen LogP contribution in [-0.4, -0.2) is 9.97 Å². The zero-order valence-corrected chi connectivity index (χ0v) is 22.6. The Bertz CT molecular complexity index is 2360. The van der Waals surface area contributed by atoms with Crippen molar-refractivity contribution in [2.24, 2.45) is 0 Å². The van der Waals surface area contributed by atoms with E-state index in [1.807, 2.05) is 36.5 Å². The molecule has 0 saturated heterocycles. The number of pyridine rings is 2. The second-order valence-corrected chi connectivity index (χ2v) is 10.6. The highest BCUT2D eigenvalue weighted by molar-refractivity contribution is 6.04. The summed E-state index contributed by atoms with van der Waals surface area (Å²) in [5.74, 6) is 0. The Labute approximate surface area is 243 Å². The van der Waals surface area contributed by atoms with Crippen LogP contribution in [0.1, 0.15) is 5.56 Å². The first kappa shape index (κ1) is 24.0. The molecule has 3 nitrogen and oxygen atoms in total. The van der Waals surface area contributed by atoms with Gasteiger partial charge in [0.25, 0.3) is 0 Å². The van der Waals surface area contributed by atoms with Crippen LogP contribution >= 0.6 is 0 Å². The van der Waals surface area contributed by atoms with Gasteiger partial charge in [-0.05, 0) is 92.3 Å². The Morgan fingerprint density at radius 3 is 1.86 bits per heavy atom. The lowest BCUT2D eigenvalue weighted by atomic mass is 9.91. The average Bonchev–Trinajstić information content (AvgIpc) is 3.07. The van der Waals surface area contributed by atoms with Gasteiger partial charge in [0.1, 0.15) is 0 Å². The van der Waals surface area contributed by atoms with Crippen LogP contribution in [0.3, 0.4) is 0 Å². The van der Waals surface area contributed by atoms with Crippen LogP contribution in [0.5, 0.6) is 0 Å². The highest BCUT2D eigenvalue weighted by Gasteiger charge is 2.14. The van der Waals surface area contributed by atoms with Gasteiger partial charge in [-0.1, -0.05) is 84.9 Å². The van der Waals surface area contributed by atoms with Crippen molar-refractivity contribution in [3.63, 3.8) is 0 Å². The van der Waals surface area contributed by atoms with Gasteiger partial charge in [0.2, 0.25) is 0 Å². The molecule has 0 spiro atoms.